The average molecular weight is 311 g/mol. The zero-order chi connectivity index (χ0) is 14.4. The highest BCUT2D eigenvalue weighted by atomic mass is 35.5. The second-order valence-corrected chi connectivity index (χ2v) is 5.90. The lowest BCUT2D eigenvalue weighted by molar-refractivity contribution is -0.134. The first-order chi connectivity index (χ1) is 9.70. The average Bonchev–Trinajstić information content (AvgIpc) is 2.42. The Morgan fingerprint density at radius 1 is 1.33 bits per heavy atom. The topological polar surface area (TPSA) is 46.3 Å². The fraction of sp³-hybridized carbons (Fsp3) is 0.588. The molecule has 0 saturated heterocycles. The lowest BCUT2D eigenvalue weighted by atomic mass is 9.85. The molecule has 1 aromatic rings. The molecule has 1 aromatic carbocycles. The molecule has 1 atom stereocenters. The van der Waals surface area contributed by atoms with Crippen molar-refractivity contribution in [2.45, 2.75) is 51.6 Å². The predicted octanol–water partition coefficient (Wildman–Crippen LogP) is 3.36. The van der Waals surface area contributed by atoms with E-state index in [1.807, 2.05) is 23.1 Å². The van der Waals surface area contributed by atoms with Crippen molar-refractivity contribution in [2.24, 2.45) is 11.7 Å². The van der Waals surface area contributed by atoms with E-state index in [4.69, 9.17) is 5.73 Å². The summed E-state index contributed by atoms with van der Waals surface area (Å²) in [4.78, 5) is 14.5. The summed E-state index contributed by atoms with van der Waals surface area (Å²) in [6.45, 7) is 3.62. The second-order valence-electron chi connectivity index (χ2n) is 5.90. The molecule has 1 fully saturated rings. The van der Waals surface area contributed by atoms with Gasteiger partial charge in [0.25, 0.3) is 0 Å². The molecule has 21 heavy (non-hydrogen) atoms. The van der Waals surface area contributed by atoms with E-state index in [0.717, 1.165) is 19.4 Å². The van der Waals surface area contributed by atoms with Crippen LogP contribution in [0.2, 0.25) is 0 Å². The Balaban J connectivity index is 0.00000220. The summed E-state index contributed by atoms with van der Waals surface area (Å²) in [6, 6.07) is 9.85. The number of nitrogens with two attached hydrogens (primary N) is 1. The van der Waals surface area contributed by atoms with Crippen LogP contribution in [0.15, 0.2) is 30.3 Å². The highest BCUT2D eigenvalue weighted by Gasteiger charge is 2.26. The zero-order valence-electron chi connectivity index (χ0n) is 12.8. The minimum absolute atomic E-state index is 0. The maximum Gasteiger partial charge on any atom is 0.239 e. The molecule has 1 saturated carbocycles. The van der Waals surface area contributed by atoms with Gasteiger partial charge in [0.1, 0.15) is 0 Å². The molecular formula is C17H27ClN2O. The van der Waals surface area contributed by atoms with Gasteiger partial charge in [0.05, 0.1) is 6.04 Å². The van der Waals surface area contributed by atoms with Gasteiger partial charge < -0.3 is 10.6 Å². The monoisotopic (exact) mass is 310 g/mol. The van der Waals surface area contributed by atoms with Crippen LogP contribution in [0.5, 0.6) is 0 Å². The molecule has 0 bridgehead atoms. The number of carbonyl (C=O) groups is 1. The Labute approximate surface area is 134 Å². The van der Waals surface area contributed by atoms with Gasteiger partial charge in [0, 0.05) is 13.1 Å². The third-order valence-corrected chi connectivity index (χ3v) is 4.15. The molecule has 2 rings (SSSR count). The first-order valence-electron chi connectivity index (χ1n) is 7.79. The maximum atomic E-state index is 12.5. The van der Waals surface area contributed by atoms with Gasteiger partial charge >= 0.3 is 0 Å². The summed E-state index contributed by atoms with van der Waals surface area (Å²) in [6.07, 6.45) is 5.53. The summed E-state index contributed by atoms with van der Waals surface area (Å²) in [5, 5.41) is 0. The Morgan fingerprint density at radius 3 is 2.52 bits per heavy atom. The number of hydrogen-bond acceptors (Lipinski definition) is 2. The molecule has 4 heteroatoms. The van der Waals surface area contributed by atoms with Crippen LogP contribution in [0, 0.1) is 5.92 Å². The molecule has 0 aliphatic heterocycles. The van der Waals surface area contributed by atoms with E-state index in [-0.39, 0.29) is 24.4 Å². The number of carbonyl (C=O) groups excluding carboxylic acids is 1. The number of halogens is 1. The molecule has 0 radical (unpaired) electrons. The molecule has 1 aliphatic carbocycles. The number of hydrogen-bond donors (Lipinski definition) is 1. The Bertz CT molecular complexity index is 420. The molecule has 3 nitrogen and oxygen atoms in total. The summed E-state index contributed by atoms with van der Waals surface area (Å²) < 4.78 is 0. The first-order valence-corrected chi connectivity index (χ1v) is 7.79. The number of amides is 1. The standard InChI is InChI=1S/C17H26N2O.ClH/c1-2-7-16(18)17(20)19(13-15-10-6-11-15)12-14-8-4-3-5-9-14;/h3-5,8-9,15-16H,2,6-7,10-13,18H2,1H3;1H. The van der Waals surface area contributed by atoms with E-state index in [2.05, 4.69) is 19.1 Å². The molecule has 1 unspecified atom stereocenters. The smallest absolute Gasteiger partial charge is 0.239 e. The van der Waals surface area contributed by atoms with Gasteiger partial charge in [0.2, 0.25) is 5.91 Å². The Kier molecular flexibility index (Phi) is 7.76. The summed E-state index contributed by atoms with van der Waals surface area (Å²) in [5.41, 5.74) is 7.21. The molecule has 0 spiro atoms. The zero-order valence-corrected chi connectivity index (χ0v) is 13.6. The van der Waals surface area contributed by atoms with Crippen molar-refractivity contribution in [1.29, 1.82) is 0 Å². The minimum atomic E-state index is -0.344. The van der Waals surface area contributed by atoms with Gasteiger partial charge in [0.15, 0.2) is 0 Å². The number of benzene rings is 1. The number of nitrogens with zero attached hydrogens (tertiary/aromatic N) is 1. The van der Waals surface area contributed by atoms with Crippen LogP contribution in [-0.4, -0.2) is 23.4 Å². The van der Waals surface area contributed by atoms with E-state index in [1.165, 1.54) is 24.8 Å². The third kappa shape index (κ3) is 5.33. The van der Waals surface area contributed by atoms with Crippen LogP contribution in [0.25, 0.3) is 0 Å². The van der Waals surface area contributed by atoms with Crippen LogP contribution in [-0.2, 0) is 11.3 Å². The van der Waals surface area contributed by atoms with Gasteiger partial charge in [-0.05, 0) is 30.7 Å². The van der Waals surface area contributed by atoms with Gasteiger partial charge in [-0.3, -0.25) is 4.79 Å². The van der Waals surface area contributed by atoms with E-state index in [9.17, 15) is 4.79 Å². The SMILES string of the molecule is CCCC(N)C(=O)N(Cc1ccccc1)CC1CCC1.Cl. The summed E-state index contributed by atoms with van der Waals surface area (Å²) >= 11 is 0. The highest BCUT2D eigenvalue weighted by Crippen LogP contribution is 2.27. The minimum Gasteiger partial charge on any atom is -0.337 e. The lowest BCUT2D eigenvalue weighted by Crippen LogP contribution is -2.46. The summed E-state index contributed by atoms with van der Waals surface area (Å²) in [5.74, 6) is 0.791. The van der Waals surface area contributed by atoms with Crippen LogP contribution < -0.4 is 5.73 Å². The van der Waals surface area contributed by atoms with Crippen LogP contribution in [0.3, 0.4) is 0 Å². The first kappa shape index (κ1) is 18.0. The van der Waals surface area contributed by atoms with E-state index < -0.39 is 0 Å². The fourth-order valence-electron chi connectivity index (χ4n) is 2.69. The van der Waals surface area contributed by atoms with Gasteiger partial charge in [-0.15, -0.1) is 12.4 Å². The highest BCUT2D eigenvalue weighted by molar-refractivity contribution is 5.85. The summed E-state index contributed by atoms with van der Waals surface area (Å²) in [7, 11) is 0. The quantitative estimate of drug-likeness (QED) is 0.839. The van der Waals surface area contributed by atoms with Crippen molar-refractivity contribution in [3.8, 4) is 0 Å². The van der Waals surface area contributed by atoms with Crippen molar-refractivity contribution < 1.29 is 4.79 Å². The largest absolute Gasteiger partial charge is 0.337 e. The van der Waals surface area contributed by atoms with Gasteiger partial charge in [-0.2, -0.15) is 0 Å². The predicted molar refractivity (Wildman–Crippen MR) is 89.3 cm³/mol. The van der Waals surface area contributed by atoms with Crippen LogP contribution in [0.1, 0.15) is 44.6 Å². The van der Waals surface area contributed by atoms with E-state index >= 15 is 0 Å². The van der Waals surface area contributed by atoms with Crippen molar-refractivity contribution in [2.75, 3.05) is 6.54 Å². The van der Waals surface area contributed by atoms with Gasteiger partial charge in [-0.1, -0.05) is 50.1 Å². The second kappa shape index (κ2) is 9.06. The molecule has 1 aliphatic rings. The van der Waals surface area contributed by atoms with Gasteiger partial charge in [-0.25, -0.2) is 0 Å². The van der Waals surface area contributed by atoms with Crippen molar-refractivity contribution >= 4 is 18.3 Å². The maximum absolute atomic E-state index is 12.5. The molecule has 1 amide bonds. The molecule has 2 N–H and O–H groups in total. The molecule has 0 aromatic heterocycles. The molecule has 118 valence electrons. The lowest BCUT2D eigenvalue weighted by Gasteiger charge is -2.33. The Morgan fingerprint density at radius 2 is 2.00 bits per heavy atom. The molecule has 0 heterocycles. The van der Waals surface area contributed by atoms with Crippen molar-refractivity contribution in [3.63, 3.8) is 0 Å². The Hall–Kier alpha value is -1.06. The third-order valence-electron chi connectivity index (χ3n) is 4.15. The van der Waals surface area contributed by atoms with Crippen LogP contribution in [0.4, 0.5) is 0 Å². The van der Waals surface area contributed by atoms with Crippen LogP contribution >= 0.6 is 12.4 Å². The van der Waals surface area contributed by atoms with E-state index in [1.54, 1.807) is 0 Å². The number of rotatable bonds is 7. The van der Waals surface area contributed by atoms with E-state index in [0.29, 0.717) is 12.5 Å². The van der Waals surface area contributed by atoms with Crippen molar-refractivity contribution in [3.05, 3.63) is 35.9 Å². The fourth-order valence-corrected chi connectivity index (χ4v) is 2.69. The molecular weight excluding hydrogens is 284 g/mol. The van der Waals surface area contributed by atoms with Crippen molar-refractivity contribution in [1.82, 2.24) is 4.90 Å². The normalized spacial score (nSPS) is 15.7.